The van der Waals surface area contributed by atoms with E-state index in [1.165, 1.54) is 5.56 Å². The predicted octanol–water partition coefficient (Wildman–Crippen LogP) is 1.40. The minimum Gasteiger partial charge on any atom is -0.461 e. The summed E-state index contributed by atoms with van der Waals surface area (Å²) in [5.74, 6) is -0.456. The summed E-state index contributed by atoms with van der Waals surface area (Å²) in [4.78, 5) is 16.7. The molecule has 1 N–H and O–H groups in total. The zero-order valence-electron chi connectivity index (χ0n) is 14.2. The van der Waals surface area contributed by atoms with Crippen LogP contribution in [0.25, 0.3) is 11.3 Å². The second-order valence-electron chi connectivity index (χ2n) is 6.02. The Morgan fingerprint density at radius 3 is 2.54 bits per heavy atom. The molecule has 7 heteroatoms. The van der Waals surface area contributed by atoms with Gasteiger partial charge >= 0.3 is 5.97 Å². The summed E-state index contributed by atoms with van der Waals surface area (Å²) >= 11 is 0. The molecule has 1 fully saturated rings. The number of H-pyrrole nitrogens is 1. The van der Waals surface area contributed by atoms with E-state index in [0.717, 1.165) is 38.3 Å². The Hall–Kier alpha value is -2.25. The number of aromatic amines is 1. The fraction of sp³-hybridized carbons (Fsp3) is 0.471. The number of esters is 1. The van der Waals surface area contributed by atoms with E-state index in [2.05, 4.69) is 44.4 Å². The Kier molecular flexibility index (Phi) is 5.22. The van der Waals surface area contributed by atoms with E-state index in [9.17, 15) is 4.79 Å². The quantitative estimate of drug-likeness (QED) is 0.836. The van der Waals surface area contributed by atoms with Crippen LogP contribution in [0.1, 0.15) is 23.0 Å². The van der Waals surface area contributed by atoms with Crippen LogP contribution in [0.4, 0.5) is 0 Å². The van der Waals surface area contributed by atoms with Gasteiger partial charge in [0.25, 0.3) is 0 Å². The molecular weight excluding hydrogens is 306 g/mol. The van der Waals surface area contributed by atoms with Crippen molar-refractivity contribution in [3.05, 3.63) is 35.5 Å². The first kappa shape index (κ1) is 16.6. The number of nitrogens with one attached hydrogen (secondary N) is 1. The summed E-state index contributed by atoms with van der Waals surface area (Å²) in [7, 11) is 2.16. The SMILES string of the molecule is CCOC(=O)c1n[nH]nc1-c1ccc(CN2CCN(C)CC2)cc1. The van der Waals surface area contributed by atoms with Crippen LogP contribution >= 0.6 is 0 Å². The summed E-state index contributed by atoms with van der Waals surface area (Å²) in [6, 6.07) is 8.12. The molecule has 24 heavy (non-hydrogen) atoms. The molecule has 0 spiro atoms. The van der Waals surface area contributed by atoms with E-state index in [4.69, 9.17) is 4.74 Å². The largest absolute Gasteiger partial charge is 0.461 e. The van der Waals surface area contributed by atoms with E-state index in [1.807, 2.05) is 12.1 Å². The highest BCUT2D eigenvalue weighted by Crippen LogP contribution is 2.21. The normalized spacial score (nSPS) is 16.2. The van der Waals surface area contributed by atoms with Gasteiger partial charge in [0.1, 0.15) is 5.69 Å². The van der Waals surface area contributed by atoms with Gasteiger partial charge in [0, 0.05) is 38.3 Å². The van der Waals surface area contributed by atoms with E-state index in [-0.39, 0.29) is 5.69 Å². The molecule has 1 aromatic carbocycles. The van der Waals surface area contributed by atoms with Crippen molar-refractivity contribution in [3.63, 3.8) is 0 Å². The van der Waals surface area contributed by atoms with Crippen LogP contribution in [0.2, 0.25) is 0 Å². The number of ether oxygens (including phenoxy) is 1. The second-order valence-corrected chi connectivity index (χ2v) is 6.02. The Morgan fingerprint density at radius 1 is 1.17 bits per heavy atom. The fourth-order valence-corrected chi connectivity index (χ4v) is 2.81. The molecule has 0 amide bonds. The molecule has 0 atom stereocenters. The molecule has 128 valence electrons. The molecule has 0 bridgehead atoms. The average Bonchev–Trinajstić information content (AvgIpc) is 3.08. The van der Waals surface area contributed by atoms with Crippen molar-refractivity contribution in [1.82, 2.24) is 25.2 Å². The number of carbonyl (C=O) groups is 1. The first-order valence-electron chi connectivity index (χ1n) is 8.25. The highest BCUT2D eigenvalue weighted by molar-refractivity contribution is 5.93. The molecule has 7 nitrogen and oxygen atoms in total. The van der Waals surface area contributed by atoms with Gasteiger partial charge in [-0.25, -0.2) is 4.79 Å². The van der Waals surface area contributed by atoms with Gasteiger partial charge in [-0.15, -0.1) is 5.10 Å². The summed E-state index contributed by atoms with van der Waals surface area (Å²) in [6.07, 6.45) is 0. The van der Waals surface area contributed by atoms with Crippen LogP contribution < -0.4 is 0 Å². The Morgan fingerprint density at radius 2 is 1.88 bits per heavy atom. The maximum Gasteiger partial charge on any atom is 0.361 e. The maximum atomic E-state index is 11.9. The molecule has 3 rings (SSSR count). The number of hydrogen-bond donors (Lipinski definition) is 1. The molecule has 2 heterocycles. The molecule has 1 aromatic heterocycles. The van der Waals surface area contributed by atoms with Gasteiger partial charge in [-0.2, -0.15) is 10.3 Å². The molecule has 1 saturated heterocycles. The lowest BCUT2D eigenvalue weighted by molar-refractivity contribution is 0.0520. The number of aromatic nitrogens is 3. The number of nitrogens with zero attached hydrogens (tertiary/aromatic N) is 4. The number of piperazine rings is 1. The third-order valence-corrected chi connectivity index (χ3v) is 4.25. The standard InChI is InChI=1S/C17H23N5O2/c1-3-24-17(23)16-15(18-20-19-16)14-6-4-13(5-7-14)12-22-10-8-21(2)9-11-22/h4-7H,3,8-12H2,1-2H3,(H,18,19,20). The van der Waals surface area contributed by atoms with Crippen LogP contribution in [-0.2, 0) is 11.3 Å². The summed E-state index contributed by atoms with van der Waals surface area (Å²) in [5.41, 5.74) is 2.86. The third-order valence-electron chi connectivity index (χ3n) is 4.25. The first-order valence-corrected chi connectivity index (χ1v) is 8.25. The first-order chi connectivity index (χ1) is 11.7. The molecule has 0 unspecified atom stereocenters. The van der Waals surface area contributed by atoms with Gasteiger partial charge in [-0.05, 0) is 19.5 Å². The van der Waals surface area contributed by atoms with Crippen molar-refractivity contribution in [2.24, 2.45) is 0 Å². The molecule has 0 saturated carbocycles. The molecule has 1 aliphatic rings. The van der Waals surface area contributed by atoms with Crippen LogP contribution in [0.5, 0.6) is 0 Å². The summed E-state index contributed by atoms with van der Waals surface area (Å²) in [5, 5.41) is 10.5. The monoisotopic (exact) mass is 329 g/mol. The van der Waals surface area contributed by atoms with E-state index < -0.39 is 5.97 Å². The zero-order chi connectivity index (χ0) is 16.9. The van der Waals surface area contributed by atoms with E-state index in [0.29, 0.717) is 12.3 Å². The minimum absolute atomic E-state index is 0.226. The number of rotatable bonds is 5. The molecule has 2 aromatic rings. The van der Waals surface area contributed by atoms with Crippen molar-refractivity contribution in [2.45, 2.75) is 13.5 Å². The molecular formula is C17H23N5O2. The number of benzene rings is 1. The van der Waals surface area contributed by atoms with Crippen LogP contribution in [0.3, 0.4) is 0 Å². The average molecular weight is 329 g/mol. The Labute approximate surface area is 141 Å². The van der Waals surface area contributed by atoms with Crippen LogP contribution in [0, 0.1) is 0 Å². The van der Waals surface area contributed by atoms with E-state index in [1.54, 1.807) is 6.92 Å². The van der Waals surface area contributed by atoms with Gasteiger partial charge in [-0.3, -0.25) is 4.90 Å². The third kappa shape index (κ3) is 3.80. The van der Waals surface area contributed by atoms with Crippen LogP contribution in [0.15, 0.2) is 24.3 Å². The van der Waals surface area contributed by atoms with Gasteiger partial charge in [0.05, 0.1) is 6.61 Å². The number of likely N-dealkylation sites (N-methyl/N-ethyl adjacent to an activating group) is 1. The van der Waals surface area contributed by atoms with Gasteiger partial charge in [0.2, 0.25) is 0 Å². The van der Waals surface area contributed by atoms with Gasteiger partial charge < -0.3 is 9.64 Å². The highest BCUT2D eigenvalue weighted by Gasteiger charge is 2.19. The van der Waals surface area contributed by atoms with Crippen molar-refractivity contribution >= 4 is 5.97 Å². The van der Waals surface area contributed by atoms with Gasteiger partial charge in [-0.1, -0.05) is 24.3 Å². The van der Waals surface area contributed by atoms with Crippen LogP contribution in [-0.4, -0.2) is 71.0 Å². The smallest absolute Gasteiger partial charge is 0.361 e. The van der Waals surface area contributed by atoms with Crippen molar-refractivity contribution in [1.29, 1.82) is 0 Å². The molecule has 1 aliphatic heterocycles. The van der Waals surface area contributed by atoms with Gasteiger partial charge in [0.15, 0.2) is 5.69 Å². The fourth-order valence-electron chi connectivity index (χ4n) is 2.81. The highest BCUT2D eigenvalue weighted by atomic mass is 16.5. The lowest BCUT2D eigenvalue weighted by Gasteiger charge is -2.32. The van der Waals surface area contributed by atoms with E-state index >= 15 is 0 Å². The molecule has 0 aliphatic carbocycles. The Bertz CT molecular complexity index is 675. The topological polar surface area (TPSA) is 74.3 Å². The molecule has 0 radical (unpaired) electrons. The zero-order valence-corrected chi connectivity index (χ0v) is 14.2. The second kappa shape index (κ2) is 7.55. The van der Waals surface area contributed by atoms with Crippen molar-refractivity contribution in [3.8, 4) is 11.3 Å². The lowest BCUT2D eigenvalue weighted by atomic mass is 10.1. The number of carbonyl (C=O) groups excluding carboxylic acids is 1. The van der Waals surface area contributed by atoms with Crippen molar-refractivity contribution in [2.75, 3.05) is 39.8 Å². The Balaban J connectivity index is 1.69. The lowest BCUT2D eigenvalue weighted by Crippen LogP contribution is -2.43. The summed E-state index contributed by atoms with van der Waals surface area (Å²) in [6.45, 7) is 7.43. The predicted molar refractivity (Wildman–Crippen MR) is 90.5 cm³/mol. The number of hydrogen-bond acceptors (Lipinski definition) is 6. The minimum atomic E-state index is -0.456. The maximum absolute atomic E-state index is 11.9. The summed E-state index contributed by atoms with van der Waals surface area (Å²) < 4.78 is 5.01. The van der Waals surface area contributed by atoms with Crippen molar-refractivity contribution < 1.29 is 9.53 Å².